The highest BCUT2D eigenvalue weighted by atomic mass is 15.4. The zero-order valence-electron chi connectivity index (χ0n) is 14.7. The Morgan fingerprint density at radius 2 is 1.59 bits per heavy atom. The maximum Gasteiger partial charge on any atom is 0.0963 e. The normalized spacial score (nSPS) is 28.6. The molecule has 0 amide bonds. The molecule has 0 N–H and O–H groups in total. The molecular weight excluding hydrogens is 268 g/mol. The minimum Gasteiger partial charge on any atom is -0.360 e. The first-order valence-electron chi connectivity index (χ1n) is 9.19. The van der Waals surface area contributed by atoms with E-state index in [1.807, 2.05) is 0 Å². The van der Waals surface area contributed by atoms with E-state index in [0.29, 0.717) is 0 Å². The molecule has 2 nitrogen and oxygen atoms in total. The molecule has 1 aliphatic heterocycles. The van der Waals surface area contributed by atoms with Gasteiger partial charge in [0.15, 0.2) is 0 Å². The largest absolute Gasteiger partial charge is 0.360 e. The average molecular weight is 301 g/mol. The van der Waals surface area contributed by atoms with Gasteiger partial charge in [-0.1, -0.05) is 37.5 Å². The van der Waals surface area contributed by atoms with Gasteiger partial charge in [-0.2, -0.15) is 0 Å². The number of aryl methyl sites for hydroxylation is 1. The number of hydrogen-bond acceptors (Lipinski definition) is 1. The smallest absolute Gasteiger partial charge is 0.0963 e. The highest BCUT2D eigenvalue weighted by Gasteiger charge is 2.32. The minimum absolute atomic E-state index is 0.972. The molecule has 1 saturated carbocycles. The fourth-order valence-electron chi connectivity index (χ4n) is 4.28. The molecule has 22 heavy (non-hydrogen) atoms. The van der Waals surface area contributed by atoms with Gasteiger partial charge in [-0.15, -0.1) is 0 Å². The highest BCUT2D eigenvalue weighted by Crippen LogP contribution is 2.31. The summed E-state index contributed by atoms with van der Waals surface area (Å²) in [5.41, 5.74) is 2.76. The first-order valence-corrected chi connectivity index (χ1v) is 9.19. The van der Waals surface area contributed by atoms with E-state index in [4.69, 9.17) is 0 Å². The number of piperazine rings is 1. The third kappa shape index (κ3) is 3.84. The van der Waals surface area contributed by atoms with Crippen LogP contribution >= 0.6 is 0 Å². The SMILES string of the molecule is Cc1ccc(N2CC[N+](C)(CC3CCC(C)CC3)CC2)cc1. The predicted octanol–water partition coefficient (Wildman–Crippen LogP) is 4.09. The molecule has 122 valence electrons. The molecule has 0 unspecified atom stereocenters. The highest BCUT2D eigenvalue weighted by molar-refractivity contribution is 5.47. The molecule has 0 aromatic heterocycles. The summed E-state index contributed by atoms with van der Waals surface area (Å²) in [7, 11) is 2.49. The molecular formula is C20H33N2+. The van der Waals surface area contributed by atoms with Gasteiger partial charge in [-0.05, 0) is 37.8 Å². The summed E-state index contributed by atoms with van der Waals surface area (Å²) in [6.45, 7) is 11.0. The van der Waals surface area contributed by atoms with Crippen molar-refractivity contribution in [3.8, 4) is 0 Å². The number of quaternary nitrogens is 1. The van der Waals surface area contributed by atoms with Crippen molar-refractivity contribution >= 4 is 5.69 Å². The van der Waals surface area contributed by atoms with Gasteiger partial charge in [0.2, 0.25) is 0 Å². The summed E-state index contributed by atoms with van der Waals surface area (Å²) in [4.78, 5) is 2.57. The van der Waals surface area contributed by atoms with Crippen LogP contribution in [0, 0.1) is 18.8 Å². The molecule has 1 aromatic carbocycles. The Hall–Kier alpha value is -1.02. The number of hydrogen-bond donors (Lipinski definition) is 0. The molecule has 0 spiro atoms. The first kappa shape index (κ1) is 15.9. The fourth-order valence-corrected chi connectivity index (χ4v) is 4.28. The molecule has 1 aromatic rings. The summed E-state index contributed by atoms with van der Waals surface area (Å²) in [5, 5.41) is 0. The van der Waals surface area contributed by atoms with E-state index in [1.54, 1.807) is 0 Å². The standard InChI is InChI=1S/C20H33N2/c1-17-4-8-19(9-5-17)16-22(3)14-12-21(13-15-22)20-10-6-18(2)7-11-20/h6-7,10-11,17,19H,4-5,8-9,12-16H2,1-3H3/q+1. The van der Waals surface area contributed by atoms with E-state index in [2.05, 4.69) is 50.1 Å². The van der Waals surface area contributed by atoms with Crippen LogP contribution in [0.5, 0.6) is 0 Å². The predicted molar refractivity (Wildman–Crippen MR) is 95.3 cm³/mol. The molecule has 2 fully saturated rings. The van der Waals surface area contributed by atoms with E-state index in [1.165, 1.54) is 74.1 Å². The van der Waals surface area contributed by atoms with Gasteiger partial charge >= 0.3 is 0 Å². The second-order valence-electron chi connectivity index (χ2n) is 8.20. The van der Waals surface area contributed by atoms with Crippen LogP contribution in [0.1, 0.15) is 38.2 Å². The van der Waals surface area contributed by atoms with Crippen molar-refractivity contribution in [2.45, 2.75) is 39.5 Å². The Labute approximate surface area is 136 Å². The lowest BCUT2D eigenvalue weighted by Crippen LogP contribution is -2.59. The van der Waals surface area contributed by atoms with Crippen LogP contribution < -0.4 is 4.90 Å². The van der Waals surface area contributed by atoms with Gasteiger partial charge in [0.05, 0.1) is 39.8 Å². The average Bonchev–Trinajstić information content (AvgIpc) is 2.51. The summed E-state index contributed by atoms with van der Waals surface area (Å²) in [5.74, 6) is 1.95. The Bertz CT molecular complexity index is 463. The molecule has 2 aliphatic rings. The van der Waals surface area contributed by atoms with Crippen LogP contribution in [0.4, 0.5) is 5.69 Å². The topological polar surface area (TPSA) is 3.24 Å². The molecule has 3 rings (SSSR count). The molecule has 1 aliphatic carbocycles. The third-order valence-corrected chi connectivity index (χ3v) is 6.05. The number of rotatable bonds is 3. The fraction of sp³-hybridized carbons (Fsp3) is 0.700. The Balaban J connectivity index is 1.52. The van der Waals surface area contributed by atoms with Gasteiger partial charge in [0, 0.05) is 11.6 Å². The van der Waals surface area contributed by atoms with Gasteiger partial charge in [0.1, 0.15) is 0 Å². The third-order valence-electron chi connectivity index (χ3n) is 6.05. The molecule has 1 heterocycles. The number of nitrogens with zero attached hydrogens (tertiary/aromatic N) is 2. The van der Waals surface area contributed by atoms with E-state index in [0.717, 1.165) is 11.8 Å². The maximum atomic E-state index is 2.57. The van der Waals surface area contributed by atoms with E-state index in [9.17, 15) is 0 Å². The second kappa shape index (κ2) is 6.62. The minimum atomic E-state index is 0.972. The van der Waals surface area contributed by atoms with Crippen LogP contribution in [0.25, 0.3) is 0 Å². The van der Waals surface area contributed by atoms with Crippen LogP contribution in [-0.2, 0) is 0 Å². The molecule has 0 atom stereocenters. The van der Waals surface area contributed by atoms with Crippen molar-refractivity contribution in [2.24, 2.45) is 11.8 Å². The van der Waals surface area contributed by atoms with Crippen molar-refractivity contribution in [2.75, 3.05) is 44.7 Å². The lowest BCUT2D eigenvalue weighted by molar-refractivity contribution is -0.913. The second-order valence-corrected chi connectivity index (χ2v) is 8.20. The van der Waals surface area contributed by atoms with Crippen molar-refractivity contribution in [3.05, 3.63) is 29.8 Å². The first-order chi connectivity index (χ1) is 10.5. The molecule has 1 saturated heterocycles. The maximum absolute atomic E-state index is 2.57. The lowest BCUT2D eigenvalue weighted by Gasteiger charge is -2.45. The van der Waals surface area contributed by atoms with E-state index < -0.39 is 0 Å². The van der Waals surface area contributed by atoms with Gasteiger partial charge in [0.25, 0.3) is 0 Å². The molecule has 0 bridgehead atoms. The Morgan fingerprint density at radius 3 is 2.18 bits per heavy atom. The Kier molecular flexibility index (Phi) is 4.77. The monoisotopic (exact) mass is 301 g/mol. The summed E-state index contributed by atoms with van der Waals surface area (Å²) >= 11 is 0. The Morgan fingerprint density at radius 1 is 1.00 bits per heavy atom. The summed E-state index contributed by atoms with van der Waals surface area (Å²) in [6, 6.07) is 9.05. The number of anilines is 1. The molecule has 2 heteroatoms. The molecule has 0 radical (unpaired) electrons. The van der Waals surface area contributed by atoms with Crippen LogP contribution in [0.15, 0.2) is 24.3 Å². The van der Waals surface area contributed by atoms with Crippen LogP contribution in [0.3, 0.4) is 0 Å². The summed E-state index contributed by atoms with van der Waals surface area (Å²) < 4.78 is 1.29. The van der Waals surface area contributed by atoms with Crippen LogP contribution in [-0.4, -0.2) is 44.3 Å². The quantitative estimate of drug-likeness (QED) is 0.760. The van der Waals surface area contributed by atoms with E-state index >= 15 is 0 Å². The van der Waals surface area contributed by atoms with Crippen molar-refractivity contribution in [1.82, 2.24) is 0 Å². The number of benzene rings is 1. The van der Waals surface area contributed by atoms with Gasteiger partial charge in [-0.3, -0.25) is 0 Å². The van der Waals surface area contributed by atoms with Gasteiger partial charge in [-0.25, -0.2) is 0 Å². The number of likely N-dealkylation sites (N-methyl/N-ethyl adjacent to an activating group) is 1. The summed E-state index contributed by atoms with van der Waals surface area (Å²) in [6.07, 6.45) is 5.85. The van der Waals surface area contributed by atoms with Crippen molar-refractivity contribution in [3.63, 3.8) is 0 Å². The lowest BCUT2D eigenvalue weighted by atomic mass is 9.82. The zero-order chi connectivity index (χ0) is 15.6. The van der Waals surface area contributed by atoms with Crippen molar-refractivity contribution in [1.29, 1.82) is 0 Å². The zero-order valence-corrected chi connectivity index (χ0v) is 14.7. The van der Waals surface area contributed by atoms with E-state index in [-0.39, 0.29) is 0 Å². The van der Waals surface area contributed by atoms with Crippen molar-refractivity contribution < 1.29 is 4.48 Å². The van der Waals surface area contributed by atoms with Crippen LogP contribution in [0.2, 0.25) is 0 Å². The van der Waals surface area contributed by atoms with Gasteiger partial charge < -0.3 is 9.38 Å².